The molecule has 0 N–H and O–H groups in total. The van der Waals surface area contributed by atoms with E-state index in [1.807, 2.05) is 13.0 Å². The minimum Gasteiger partial charge on any atom is -0.300 e. The highest BCUT2D eigenvalue weighted by Gasteiger charge is 2.26. The third-order valence-corrected chi connectivity index (χ3v) is 4.88. The molecule has 19 heavy (non-hydrogen) atoms. The van der Waals surface area contributed by atoms with Crippen LogP contribution in [0, 0.1) is 13.8 Å². The third-order valence-electron chi connectivity index (χ3n) is 3.35. The maximum Gasteiger partial charge on any atom is 0.297 e. The number of hydrogen-bond acceptors (Lipinski definition) is 4. The number of aryl methyl sites for hydroxylation is 2. The molecule has 1 aliphatic carbocycles. The van der Waals surface area contributed by atoms with Crippen LogP contribution in [0.3, 0.4) is 0 Å². The zero-order valence-electron chi connectivity index (χ0n) is 11.2. The van der Waals surface area contributed by atoms with Gasteiger partial charge in [-0.25, -0.2) is 0 Å². The number of rotatable bonds is 3. The molecule has 1 aliphatic rings. The molecule has 0 radical (unpaired) electrons. The lowest BCUT2D eigenvalue weighted by molar-refractivity contribution is -0.121. The predicted octanol–water partition coefficient (Wildman–Crippen LogP) is 2.52. The van der Waals surface area contributed by atoms with Gasteiger partial charge < -0.3 is 0 Å². The van der Waals surface area contributed by atoms with E-state index in [4.69, 9.17) is 4.18 Å². The lowest BCUT2D eigenvalue weighted by atomic mass is 9.97. The highest BCUT2D eigenvalue weighted by Crippen LogP contribution is 2.25. The summed E-state index contributed by atoms with van der Waals surface area (Å²) in [5.41, 5.74) is 1.70. The molecule has 4 nitrogen and oxygen atoms in total. The number of benzene rings is 1. The predicted molar refractivity (Wildman–Crippen MR) is 71.4 cm³/mol. The standard InChI is InChI=1S/C14H18O4S/c1-10-3-8-14(11(2)9-10)19(16,17)18-13-6-4-12(15)5-7-13/h3,8-9,13H,4-7H2,1-2H3. The second-order valence-corrected chi connectivity index (χ2v) is 6.60. The molecule has 0 aliphatic heterocycles. The van der Waals surface area contributed by atoms with Crippen LogP contribution in [0.25, 0.3) is 0 Å². The van der Waals surface area contributed by atoms with Crippen molar-refractivity contribution in [2.45, 2.75) is 50.5 Å². The lowest BCUT2D eigenvalue weighted by Gasteiger charge is -2.21. The molecule has 0 saturated heterocycles. The molecule has 1 saturated carbocycles. The average molecular weight is 282 g/mol. The second kappa shape index (κ2) is 5.43. The van der Waals surface area contributed by atoms with Gasteiger partial charge in [0.15, 0.2) is 0 Å². The average Bonchev–Trinajstić information content (AvgIpc) is 2.31. The van der Waals surface area contributed by atoms with E-state index in [2.05, 4.69) is 0 Å². The Morgan fingerprint density at radius 1 is 1.16 bits per heavy atom. The Hall–Kier alpha value is -1.20. The van der Waals surface area contributed by atoms with Crippen LogP contribution in [-0.2, 0) is 19.1 Å². The van der Waals surface area contributed by atoms with Gasteiger partial charge in [0.2, 0.25) is 0 Å². The fraction of sp³-hybridized carbons (Fsp3) is 0.500. The molecule has 0 amide bonds. The zero-order chi connectivity index (χ0) is 14.0. The van der Waals surface area contributed by atoms with Gasteiger partial charge in [0.1, 0.15) is 5.78 Å². The van der Waals surface area contributed by atoms with E-state index >= 15 is 0 Å². The van der Waals surface area contributed by atoms with Crippen molar-refractivity contribution in [3.8, 4) is 0 Å². The second-order valence-electron chi connectivity index (χ2n) is 5.06. The molecule has 1 aromatic rings. The number of carbonyl (C=O) groups is 1. The molecule has 2 rings (SSSR count). The summed E-state index contributed by atoms with van der Waals surface area (Å²) in [5.74, 6) is 0.184. The minimum atomic E-state index is -3.74. The van der Waals surface area contributed by atoms with Crippen LogP contribution in [0.4, 0.5) is 0 Å². The molecular weight excluding hydrogens is 264 g/mol. The van der Waals surface area contributed by atoms with Gasteiger partial charge in [-0.05, 0) is 38.3 Å². The zero-order valence-corrected chi connectivity index (χ0v) is 12.0. The molecule has 5 heteroatoms. The van der Waals surface area contributed by atoms with Gasteiger partial charge in [0.05, 0.1) is 11.0 Å². The smallest absolute Gasteiger partial charge is 0.297 e. The number of ketones is 1. The van der Waals surface area contributed by atoms with Crippen molar-refractivity contribution in [1.82, 2.24) is 0 Å². The molecule has 0 aromatic heterocycles. The normalized spacial score (nSPS) is 17.7. The van der Waals surface area contributed by atoms with Crippen LogP contribution in [0.2, 0.25) is 0 Å². The fourth-order valence-electron chi connectivity index (χ4n) is 2.32. The monoisotopic (exact) mass is 282 g/mol. The molecule has 104 valence electrons. The van der Waals surface area contributed by atoms with Crippen molar-refractivity contribution in [2.24, 2.45) is 0 Å². The Morgan fingerprint density at radius 2 is 1.79 bits per heavy atom. The summed E-state index contributed by atoms with van der Waals surface area (Å²) < 4.78 is 29.7. The third kappa shape index (κ3) is 3.42. The maximum absolute atomic E-state index is 12.2. The Balaban J connectivity index is 2.16. The largest absolute Gasteiger partial charge is 0.300 e. The summed E-state index contributed by atoms with van der Waals surface area (Å²) in [6, 6.07) is 5.16. The van der Waals surface area contributed by atoms with Crippen LogP contribution < -0.4 is 0 Å². The Bertz CT molecular complexity index is 579. The summed E-state index contributed by atoms with van der Waals surface area (Å²) in [4.78, 5) is 11.3. The molecule has 0 unspecified atom stereocenters. The summed E-state index contributed by atoms with van der Waals surface area (Å²) in [6.45, 7) is 3.67. The van der Waals surface area contributed by atoms with Gasteiger partial charge in [-0.2, -0.15) is 8.42 Å². The Kier molecular flexibility index (Phi) is 4.06. The molecular formula is C14H18O4S. The van der Waals surface area contributed by atoms with E-state index in [9.17, 15) is 13.2 Å². The summed E-state index contributed by atoms with van der Waals surface area (Å²) in [7, 11) is -3.74. The quantitative estimate of drug-likeness (QED) is 0.799. The summed E-state index contributed by atoms with van der Waals surface area (Å²) >= 11 is 0. The fourth-order valence-corrected chi connectivity index (χ4v) is 3.66. The molecule has 1 fully saturated rings. The van der Waals surface area contributed by atoms with E-state index < -0.39 is 10.1 Å². The van der Waals surface area contributed by atoms with Gasteiger partial charge >= 0.3 is 0 Å². The van der Waals surface area contributed by atoms with E-state index in [0.717, 1.165) is 5.56 Å². The van der Waals surface area contributed by atoms with Crippen molar-refractivity contribution in [3.05, 3.63) is 29.3 Å². The first-order chi connectivity index (χ1) is 8.88. The van der Waals surface area contributed by atoms with Gasteiger partial charge in [-0.1, -0.05) is 17.7 Å². The van der Waals surface area contributed by atoms with Gasteiger partial charge in [0, 0.05) is 12.8 Å². The van der Waals surface area contributed by atoms with Crippen molar-refractivity contribution in [2.75, 3.05) is 0 Å². The van der Waals surface area contributed by atoms with Crippen molar-refractivity contribution >= 4 is 15.9 Å². The van der Waals surface area contributed by atoms with Crippen LogP contribution >= 0.6 is 0 Å². The van der Waals surface area contributed by atoms with Gasteiger partial charge in [-0.3, -0.25) is 8.98 Å². The highest BCUT2D eigenvalue weighted by atomic mass is 32.2. The molecule has 0 heterocycles. The SMILES string of the molecule is Cc1ccc(S(=O)(=O)OC2CCC(=O)CC2)c(C)c1. The first-order valence-corrected chi connectivity index (χ1v) is 7.81. The maximum atomic E-state index is 12.2. The van der Waals surface area contributed by atoms with Gasteiger partial charge in [0.25, 0.3) is 10.1 Å². The Labute approximate surface area is 113 Å². The van der Waals surface area contributed by atoms with E-state index in [1.54, 1.807) is 19.1 Å². The molecule has 0 bridgehead atoms. The van der Waals surface area contributed by atoms with Crippen LogP contribution in [0.5, 0.6) is 0 Å². The summed E-state index contributed by atoms with van der Waals surface area (Å²) in [6.07, 6.45) is 1.43. The molecule has 0 spiro atoms. The van der Waals surface area contributed by atoms with E-state index in [0.29, 0.717) is 31.2 Å². The topological polar surface area (TPSA) is 60.4 Å². The van der Waals surface area contributed by atoms with E-state index in [1.165, 1.54) is 0 Å². The summed E-state index contributed by atoms with van der Waals surface area (Å²) in [5, 5.41) is 0. The van der Waals surface area contributed by atoms with Crippen molar-refractivity contribution in [3.63, 3.8) is 0 Å². The minimum absolute atomic E-state index is 0.184. The van der Waals surface area contributed by atoms with Crippen LogP contribution in [0.15, 0.2) is 23.1 Å². The van der Waals surface area contributed by atoms with Crippen molar-refractivity contribution < 1.29 is 17.4 Å². The number of Topliss-reactive ketones (excluding diaryl/α,β-unsaturated/α-hetero) is 1. The Morgan fingerprint density at radius 3 is 2.37 bits per heavy atom. The van der Waals surface area contributed by atoms with Crippen LogP contribution in [0.1, 0.15) is 36.8 Å². The lowest BCUT2D eigenvalue weighted by Crippen LogP contribution is -2.24. The van der Waals surface area contributed by atoms with Crippen molar-refractivity contribution in [1.29, 1.82) is 0 Å². The highest BCUT2D eigenvalue weighted by molar-refractivity contribution is 7.86. The molecule has 1 aromatic carbocycles. The molecule has 0 atom stereocenters. The first-order valence-electron chi connectivity index (χ1n) is 6.41. The number of hydrogen-bond donors (Lipinski definition) is 0. The van der Waals surface area contributed by atoms with E-state index in [-0.39, 0.29) is 16.8 Å². The van der Waals surface area contributed by atoms with Gasteiger partial charge in [-0.15, -0.1) is 0 Å². The van der Waals surface area contributed by atoms with Crippen LogP contribution in [-0.4, -0.2) is 20.3 Å². The number of carbonyl (C=O) groups excluding carboxylic acids is 1. The first kappa shape index (κ1) is 14.2.